The summed E-state index contributed by atoms with van der Waals surface area (Å²) >= 11 is 1.92. The summed E-state index contributed by atoms with van der Waals surface area (Å²) in [5, 5.41) is 15.0. The normalized spacial score (nSPS) is 17.5. The lowest BCUT2D eigenvalue weighted by molar-refractivity contribution is 0.0319. The molecule has 2 N–H and O–H groups in total. The molecule has 1 aromatic heterocycles. The second-order valence-electron chi connectivity index (χ2n) is 5.79. The Morgan fingerprint density at radius 2 is 2.09 bits per heavy atom. The number of thioether (sulfide) groups is 1. The van der Waals surface area contributed by atoms with Gasteiger partial charge in [-0.1, -0.05) is 18.2 Å². The van der Waals surface area contributed by atoms with Gasteiger partial charge >= 0.3 is 0 Å². The summed E-state index contributed by atoms with van der Waals surface area (Å²) in [5.41, 5.74) is 1.39. The van der Waals surface area contributed by atoms with Crippen LogP contribution in [0.15, 0.2) is 30.3 Å². The van der Waals surface area contributed by atoms with Crippen LogP contribution >= 0.6 is 11.8 Å². The average molecular weight is 318 g/mol. The minimum Gasteiger partial charge on any atom is -0.481 e. The standard InChI is InChI=1S/C17H22N2O2S/c1-21-16-14(10-13-4-2-3-5-15(13)19-16)11-18-12-17(20)6-8-22-9-7-17/h2-5,10,18,20H,6-9,11-12H2,1H3. The molecule has 3 rings (SSSR count). The molecule has 5 heteroatoms. The molecule has 1 aromatic carbocycles. The van der Waals surface area contributed by atoms with Crippen molar-refractivity contribution < 1.29 is 9.84 Å². The van der Waals surface area contributed by atoms with E-state index in [4.69, 9.17) is 4.74 Å². The summed E-state index contributed by atoms with van der Waals surface area (Å²) in [7, 11) is 1.65. The Morgan fingerprint density at radius 3 is 2.86 bits per heavy atom. The molecule has 22 heavy (non-hydrogen) atoms. The number of methoxy groups -OCH3 is 1. The fourth-order valence-electron chi connectivity index (χ4n) is 2.80. The molecule has 0 unspecified atom stereocenters. The molecule has 0 amide bonds. The monoisotopic (exact) mass is 318 g/mol. The predicted octanol–water partition coefficient (Wildman–Crippen LogP) is 2.59. The molecule has 118 valence electrons. The highest BCUT2D eigenvalue weighted by Crippen LogP contribution is 2.27. The van der Waals surface area contributed by atoms with Gasteiger partial charge in [-0.2, -0.15) is 11.8 Å². The van der Waals surface area contributed by atoms with Gasteiger partial charge in [0.1, 0.15) is 0 Å². The van der Waals surface area contributed by atoms with Crippen molar-refractivity contribution in [3.8, 4) is 5.88 Å². The van der Waals surface area contributed by atoms with Crippen LogP contribution in [-0.2, 0) is 6.54 Å². The van der Waals surface area contributed by atoms with Gasteiger partial charge in [0.05, 0.1) is 18.2 Å². The van der Waals surface area contributed by atoms with Crippen LogP contribution < -0.4 is 10.1 Å². The van der Waals surface area contributed by atoms with Gasteiger partial charge in [0, 0.05) is 24.0 Å². The number of para-hydroxylation sites is 1. The summed E-state index contributed by atoms with van der Waals surface area (Å²) in [6.07, 6.45) is 1.72. The van der Waals surface area contributed by atoms with Gasteiger partial charge in [0.2, 0.25) is 5.88 Å². The third-order valence-electron chi connectivity index (χ3n) is 4.15. The molecule has 1 aliphatic rings. The maximum absolute atomic E-state index is 10.5. The largest absolute Gasteiger partial charge is 0.481 e. The van der Waals surface area contributed by atoms with Crippen molar-refractivity contribution in [1.29, 1.82) is 0 Å². The van der Waals surface area contributed by atoms with E-state index in [9.17, 15) is 5.11 Å². The summed E-state index contributed by atoms with van der Waals surface area (Å²) in [4.78, 5) is 4.55. The number of aliphatic hydroxyl groups is 1. The zero-order chi connectivity index (χ0) is 15.4. The zero-order valence-electron chi connectivity index (χ0n) is 12.8. The molecule has 2 heterocycles. The summed E-state index contributed by atoms with van der Waals surface area (Å²) in [6.45, 7) is 1.26. The Kier molecular flexibility index (Phi) is 4.86. The first-order chi connectivity index (χ1) is 10.7. The highest BCUT2D eigenvalue weighted by molar-refractivity contribution is 7.99. The van der Waals surface area contributed by atoms with E-state index in [1.165, 1.54) is 0 Å². The number of ether oxygens (including phenoxy) is 1. The number of pyridine rings is 1. The summed E-state index contributed by atoms with van der Waals surface area (Å²) in [6, 6.07) is 10.1. The Labute approximate surface area is 135 Å². The predicted molar refractivity (Wildman–Crippen MR) is 91.5 cm³/mol. The van der Waals surface area contributed by atoms with Crippen molar-refractivity contribution in [2.75, 3.05) is 25.2 Å². The molecule has 0 atom stereocenters. The van der Waals surface area contributed by atoms with Gasteiger partial charge in [-0.05, 0) is 36.5 Å². The first-order valence-corrected chi connectivity index (χ1v) is 8.79. The van der Waals surface area contributed by atoms with E-state index >= 15 is 0 Å². The quantitative estimate of drug-likeness (QED) is 0.887. The van der Waals surface area contributed by atoms with Crippen LogP contribution in [0, 0.1) is 0 Å². The number of aromatic nitrogens is 1. The first-order valence-electron chi connectivity index (χ1n) is 7.64. The minimum atomic E-state index is -0.567. The lowest BCUT2D eigenvalue weighted by atomic mass is 9.97. The second kappa shape index (κ2) is 6.86. The van der Waals surface area contributed by atoms with Gasteiger partial charge in [-0.3, -0.25) is 0 Å². The molecular formula is C17H22N2O2S. The molecule has 0 spiro atoms. The van der Waals surface area contributed by atoms with Crippen LogP contribution in [0.1, 0.15) is 18.4 Å². The van der Waals surface area contributed by atoms with Crippen molar-refractivity contribution in [3.63, 3.8) is 0 Å². The van der Waals surface area contributed by atoms with Crippen molar-refractivity contribution in [2.45, 2.75) is 25.0 Å². The SMILES string of the molecule is COc1nc2ccccc2cc1CNCC1(O)CCSCC1. The number of hydrogen-bond acceptors (Lipinski definition) is 5. The lowest BCUT2D eigenvalue weighted by Crippen LogP contribution is -2.43. The molecule has 1 fully saturated rings. The van der Waals surface area contributed by atoms with Crippen LogP contribution in [0.3, 0.4) is 0 Å². The Morgan fingerprint density at radius 1 is 1.32 bits per heavy atom. The molecule has 0 radical (unpaired) electrons. The van der Waals surface area contributed by atoms with Crippen LogP contribution in [0.4, 0.5) is 0 Å². The molecule has 0 saturated carbocycles. The molecule has 4 nitrogen and oxygen atoms in total. The number of rotatable bonds is 5. The topological polar surface area (TPSA) is 54.4 Å². The maximum atomic E-state index is 10.5. The van der Waals surface area contributed by atoms with Crippen molar-refractivity contribution in [1.82, 2.24) is 10.3 Å². The fraction of sp³-hybridized carbons (Fsp3) is 0.471. The lowest BCUT2D eigenvalue weighted by Gasteiger charge is -2.32. The Hall–Kier alpha value is -1.30. The molecular weight excluding hydrogens is 296 g/mol. The third kappa shape index (κ3) is 3.54. The molecule has 2 aromatic rings. The third-order valence-corrected chi connectivity index (χ3v) is 5.14. The summed E-state index contributed by atoms with van der Waals surface area (Å²) < 4.78 is 5.40. The Balaban J connectivity index is 1.70. The number of fused-ring (bicyclic) bond motifs is 1. The highest BCUT2D eigenvalue weighted by Gasteiger charge is 2.28. The number of hydrogen-bond donors (Lipinski definition) is 2. The second-order valence-corrected chi connectivity index (χ2v) is 7.01. The molecule has 1 aliphatic heterocycles. The van der Waals surface area contributed by atoms with E-state index in [0.29, 0.717) is 19.0 Å². The van der Waals surface area contributed by atoms with Crippen LogP contribution in [0.25, 0.3) is 10.9 Å². The average Bonchev–Trinajstić information content (AvgIpc) is 2.54. The van der Waals surface area contributed by atoms with E-state index in [0.717, 1.165) is 40.8 Å². The van der Waals surface area contributed by atoms with Crippen molar-refractivity contribution in [2.24, 2.45) is 0 Å². The Bertz CT molecular complexity index is 642. The smallest absolute Gasteiger partial charge is 0.218 e. The molecule has 1 saturated heterocycles. The van der Waals surface area contributed by atoms with Gasteiger partial charge in [-0.15, -0.1) is 0 Å². The highest BCUT2D eigenvalue weighted by atomic mass is 32.2. The van der Waals surface area contributed by atoms with E-state index in [1.807, 2.05) is 30.0 Å². The van der Waals surface area contributed by atoms with E-state index in [2.05, 4.69) is 22.4 Å². The van der Waals surface area contributed by atoms with Crippen LogP contribution in [0.2, 0.25) is 0 Å². The first kappa shape index (κ1) is 15.6. The molecule has 0 aliphatic carbocycles. The number of benzene rings is 1. The van der Waals surface area contributed by atoms with Gasteiger partial charge in [0.25, 0.3) is 0 Å². The summed E-state index contributed by atoms with van der Waals surface area (Å²) in [5.74, 6) is 2.73. The minimum absolute atomic E-state index is 0.567. The zero-order valence-corrected chi connectivity index (χ0v) is 13.7. The van der Waals surface area contributed by atoms with Crippen molar-refractivity contribution in [3.05, 3.63) is 35.9 Å². The number of nitrogens with one attached hydrogen (secondary N) is 1. The maximum Gasteiger partial charge on any atom is 0.218 e. The van der Waals surface area contributed by atoms with Crippen LogP contribution in [0.5, 0.6) is 5.88 Å². The van der Waals surface area contributed by atoms with Gasteiger partial charge < -0.3 is 15.2 Å². The van der Waals surface area contributed by atoms with Gasteiger partial charge in [0.15, 0.2) is 0 Å². The molecule has 0 bridgehead atoms. The van der Waals surface area contributed by atoms with Crippen LogP contribution in [-0.4, -0.2) is 40.9 Å². The van der Waals surface area contributed by atoms with E-state index < -0.39 is 5.60 Å². The van der Waals surface area contributed by atoms with E-state index in [-0.39, 0.29) is 0 Å². The fourth-order valence-corrected chi connectivity index (χ4v) is 4.06. The van der Waals surface area contributed by atoms with Crippen molar-refractivity contribution >= 4 is 22.7 Å². The number of nitrogens with zero attached hydrogens (tertiary/aromatic N) is 1. The van der Waals surface area contributed by atoms with E-state index in [1.54, 1.807) is 7.11 Å². The van der Waals surface area contributed by atoms with Gasteiger partial charge in [-0.25, -0.2) is 4.98 Å².